The van der Waals surface area contributed by atoms with E-state index in [0.29, 0.717) is 13.1 Å². The Kier molecular flexibility index (Phi) is 10.7. The molecule has 7 nitrogen and oxygen atoms in total. The van der Waals surface area contributed by atoms with Gasteiger partial charge in [0.1, 0.15) is 5.82 Å². The summed E-state index contributed by atoms with van der Waals surface area (Å²) >= 11 is 0. The number of aliphatic imine (C=N–C) groups is 1. The molecule has 182 valence electrons. The lowest BCUT2D eigenvalue weighted by molar-refractivity contribution is 0.677. The molecule has 0 saturated carbocycles. The molecule has 0 atom stereocenters. The second-order valence-electron chi connectivity index (χ2n) is 8.45. The van der Waals surface area contributed by atoms with Crippen LogP contribution in [0.15, 0.2) is 66.0 Å². The molecule has 3 aromatic rings. The molecule has 0 spiro atoms. The fourth-order valence-corrected chi connectivity index (χ4v) is 4.14. The van der Waals surface area contributed by atoms with Crippen LogP contribution >= 0.6 is 24.0 Å². The molecular weight excluding hydrogens is 537 g/mol. The minimum atomic E-state index is 0. The zero-order chi connectivity index (χ0) is 22.7. The van der Waals surface area contributed by atoms with Crippen molar-refractivity contribution in [2.24, 2.45) is 4.99 Å². The van der Waals surface area contributed by atoms with Gasteiger partial charge in [-0.1, -0.05) is 43.2 Å². The van der Waals surface area contributed by atoms with Crippen LogP contribution in [0.2, 0.25) is 0 Å². The predicted molar refractivity (Wildman–Crippen MR) is 150 cm³/mol. The SMILES string of the molecule is CCNC(=NCc1ccc(N2CCCCCC2)nc1)NCc1ccccc1Cn1cccn1.I. The highest BCUT2D eigenvalue weighted by atomic mass is 127. The maximum atomic E-state index is 4.78. The van der Waals surface area contributed by atoms with Crippen LogP contribution in [0.1, 0.15) is 49.3 Å². The van der Waals surface area contributed by atoms with Gasteiger partial charge in [0.05, 0.1) is 13.1 Å². The Morgan fingerprint density at radius 2 is 1.76 bits per heavy atom. The molecule has 1 saturated heterocycles. The van der Waals surface area contributed by atoms with Gasteiger partial charge < -0.3 is 15.5 Å². The molecule has 34 heavy (non-hydrogen) atoms. The van der Waals surface area contributed by atoms with E-state index in [1.807, 2.05) is 29.3 Å². The van der Waals surface area contributed by atoms with E-state index >= 15 is 0 Å². The van der Waals surface area contributed by atoms with E-state index < -0.39 is 0 Å². The van der Waals surface area contributed by atoms with Crippen molar-refractivity contribution < 1.29 is 0 Å². The fourth-order valence-electron chi connectivity index (χ4n) is 4.14. The van der Waals surface area contributed by atoms with Crippen LogP contribution in [-0.2, 0) is 19.6 Å². The highest BCUT2D eigenvalue weighted by Gasteiger charge is 2.11. The number of rotatable bonds is 8. The quantitative estimate of drug-likeness (QED) is 0.235. The van der Waals surface area contributed by atoms with Crippen molar-refractivity contribution in [3.63, 3.8) is 0 Å². The summed E-state index contributed by atoms with van der Waals surface area (Å²) in [6.45, 7) is 7.18. The molecule has 0 amide bonds. The van der Waals surface area contributed by atoms with Crippen LogP contribution in [0.25, 0.3) is 0 Å². The van der Waals surface area contributed by atoms with Crippen molar-refractivity contribution in [3.05, 3.63) is 77.7 Å². The van der Waals surface area contributed by atoms with Crippen LogP contribution in [-0.4, -0.2) is 40.4 Å². The molecular formula is C26H36IN7. The van der Waals surface area contributed by atoms with Crippen LogP contribution < -0.4 is 15.5 Å². The smallest absolute Gasteiger partial charge is 0.191 e. The zero-order valence-corrected chi connectivity index (χ0v) is 22.3. The first kappa shape index (κ1) is 26.0. The zero-order valence-electron chi connectivity index (χ0n) is 20.0. The third-order valence-corrected chi connectivity index (χ3v) is 5.96. The number of pyridine rings is 1. The summed E-state index contributed by atoms with van der Waals surface area (Å²) in [4.78, 5) is 11.9. The third kappa shape index (κ3) is 7.72. The average molecular weight is 574 g/mol. The molecule has 1 aromatic carbocycles. The molecule has 2 N–H and O–H groups in total. The Morgan fingerprint density at radius 3 is 2.44 bits per heavy atom. The van der Waals surface area contributed by atoms with Gasteiger partial charge in [0.2, 0.25) is 0 Å². The number of anilines is 1. The minimum Gasteiger partial charge on any atom is -0.357 e. The fraction of sp³-hybridized carbons (Fsp3) is 0.423. The van der Waals surface area contributed by atoms with Gasteiger partial charge >= 0.3 is 0 Å². The van der Waals surface area contributed by atoms with E-state index in [1.54, 1.807) is 0 Å². The molecule has 0 radical (unpaired) electrons. The lowest BCUT2D eigenvalue weighted by atomic mass is 10.1. The first-order valence-corrected chi connectivity index (χ1v) is 12.1. The maximum Gasteiger partial charge on any atom is 0.191 e. The monoisotopic (exact) mass is 573 g/mol. The number of hydrogen-bond donors (Lipinski definition) is 2. The maximum absolute atomic E-state index is 4.78. The number of nitrogens with one attached hydrogen (secondary N) is 2. The van der Waals surface area contributed by atoms with Gasteiger partial charge in [0.15, 0.2) is 5.96 Å². The summed E-state index contributed by atoms with van der Waals surface area (Å²) < 4.78 is 1.94. The van der Waals surface area contributed by atoms with Crippen molar-refractivity contribution >= 4 is 35.8 Å². The lowest BCUT2D eigenvalue weighted by Crippen LogP contribution is -2.37. The van der Waals surface area contributed by atoms with Crippen LogP contribution in [0, 0.1) is 0 Å². The van der Waals surface area contributed by atoms with E-state index in [9.17, 15) is 0 Å². The second-order valence-corrected chi connectivity index (χ2v) is 8.45. The Morgan fingerprint density at radius 1 is 0.971 bits per heavy atom. The summed E-state index contributed by atoms with van der Waals surface area (Å²) in [7, 11) is 0. The van der Waals surface area contributed by atoms with Gasteiger partial charge in [0.25, 0.3) is 0 Å². The standard InChI is InChI=1S/C26H35N7.HI/c1-2-27-26(30-20-23-10-5-6-11-24(23)21-33-17-9-14-31-33)29-19-22-12-13-25(28-18-22)32-15-7-3-4-8-16-32;/h5-6,9-14,17-18H,2-4,7-8,15-16,19-21H2,1H3,(H2,27,29,30);1H. The summed E-state index contributed by atoms with van der Waals surface area (Å²) in [5.74, 6) is 1.89. The molecule has 0 bridgehead atoms. The predicted octanol–water partition coefficient (Wildman–Crippen LogP) is 4.58. The summed E-state index contributed by atoms with van der Waals surface area (Å²) in [5.41, 5.74) is 3.60. The van der Waals surface area contributed by atoms with Gasteiger partial charge in [-0.15, -0.1) is 24.0 Å². The average Bonchev–Trinajstić information content (AvgIpc) is 3.21. The molecule has 1 fully saturated rings. The molecule has 3 heterocycles. The van der Waals surface area contributed by atoms with Crippen molar-refractivity contribution in [2.75, 3.05) is 24.5 Å². The first-order valence-electron chi connectivity index (χ1n) is 12.1. The van der Waals surface area contributed by atoms with Crippen molar-refractivity contribution in [2.45, 2.75) is 52.2 Å². The van der Waals surface area contributed by atoms with Crippen LogP contribution in [0.3, 0.4) is 0 Å². The van der Waals surface area contributed by atoms with Crippen molar-refractivity contribution in [3.8, 4) is 0 Å². The molecule has 2 aromatic heterocycles. The van der Waals surface area contributed by atoms with E-state index in [0.717, 1.165) is 43.5 Å². The van der Waals surface area contributed by atoms with E-state index in [4.69, 9.17) is 9.98 Å². The number of aromatic nitrogens is 3. The molecule has 1 aliphatic heterocycles. The Bertz CT molecular complexity index is 994. The number of benzene rings is 1. The normalized spacial score (nSPS) is 14.3. The van der Waals surface area contributed by atoms with Crippen molar-refractivity contribution in [1.29, 1.82) is 0 Å². The third-order valence-electron chi connectivity index (χ3n) is 5.96. The van der Waals surface area contributed by atoms with Crippen LogP contribution in [0.4, 0.5) is 5.82 Å². The summed E-state index contributed by atoms with van der Waals surface area (Å²) in [6, 6.07) is 14.7. The van der Waals surface area contributed by atoms with Gasteiger partial charge in [0, 0.05) is 44.8 Å². The number of guanidine groups is 1. The van der Waals surface area contributed by atoms with Gasteiger partial charge in [-0.25, -0.2) is 9.98 Å². The number of nitrogens with zero attached hydrogens (tertiary/aromatic N) is 5. The highest BCUT2D eigenvalue weighted by molar-refractivity contribution is 14.0. The van der Waals surface area contributed by atoms with Crippen molar-refractivity contribution in [1.82, 2.24) is 25.4 Å². The topological polar surface area (TPSA) is 70.4 Å². The Labute approximate surface area is 220 Å². The van der Waals surface area contributed by atoms with E-state index in [2.05, 4.69) is 64.0 Å². The van der Waals surface area contributed by atoms with Crippen LogP contribution in [0.5, 0.6) is 0 Å². The Hall–Kier alpha value is -2.62. The van der Waals surface area contributed by atoms with Gasteiger partial charge in [-0.05, 0) is 48.6 Å². The molecule has 0 unspecified atom stereocenters. The summed E-state index contributed by atoms with van der Waals surface area (Å²) in [5, 5.41) is 11.2. The molecule has 0 aliphatic carbocycles. The molecule has 4 rings (SSSR count). The number of halogens is 1. The van der Waals surface area contributed by atoms with Gasteiger partial charge in [-0.3, -0.25) is 4.68 Å². The minimum absolute atomic E-state index is 0. The first-order chi connectivity index (χ1) is 16.3. The number of hydrogen-bond acceptors (Lipinski definition) is 4. The van der Waals surface area contributed by atoms with Gasteiger partial charge in [-0.2, -0.15) is 5.10 Å². The molecule has 8 heteroatoms. The van der Waals surface area contributed by atoms with E-state index in [-0.39, 0.29) is 24.0 Å². The largest absolute Gasteiger partial charge is 0.357 e. The second kappa shape index (κ2) is 13.9. The summed E-state index contributed by atoms with van der Waals surface area (Å²) in [6.07, 6.45) is 10.9. The molecule has 1 aliphatic rings. The Balaban J connectivity index is 0.00000324. The lowest BCUT2D eigenvalue weighted by Gasteiger charge is -2.21. The van der Waals surface area contributed by atoms with E-state index in [1.165, 1.54) is 36.8 Å². The highest BCUT2D eigenvalue weighted by Crippen LogP contribution is 2.17.